The minimum atomic E-state index is -4.29. The Hall–Kier alpha value is -3.70. The average molecular weight is 518 g/mol. The average Bonchev–Trinajstić information content (AvgIpc) is 2.79. The highest BCUT2D eigenvalue weighted by atomic mass is 35.5. The minimum absolute atomic E-state index is 0.000591. The van der Waals surface area contributed by atoms with E-state index in [1.807, 2.05) is 0 Å². The number of hydrogen-bond donors (Lipinski definition) is 1. The summed E-state index contributed by atoms with van der Waals surface area (Å²) in [7, 11) is -4.29. The van der Waals surface area contributed by atoms with Gasteiger partial charge >= 0.3 is 0 Å². The molecule has 0 aliphatic carbocycles. The van der Waals surface area contributed by atoms with E-state index in [1.54, 1.807) is 38.2 Å². The molecular weight excluding hydrogens is 500 g/mol. The first-order valence-electron chi connectivity index (χ1n) is 10.2. The molecule has 3 aromatic heterocycles. The van der Waals surface area contributed by atoms with Crippen molar-refractivity contribution in [3.05, 3.63) is 93.9 Å². The van der Waals surface area contributed by atoms with Crippen molar-refractivity contribution in [2.45, 2.75) is 24.5 Å². The summed E-state index contributed by atoms with van der Waals surface area (Å²) in [6.45, 7) is 3.35. The van der Waals surface area contributed by atoms with Crippen LogP contribution in [0, 0.1) is 30.7 Å². The highest BCUT2D eigenvalue weighted by Gasteiger charge is 2.27. The first-order chi connectivity index (χ1) is 16.5. The van der Waals surface area contributed by atoms with E-state index >= 15 is 0 Å². The van der Waals surface area contributed by atoms with E-state index in [4.69, 9.17) is 11.6 Å². The van der Waals surface area contributed by atoms with Crippen molar-refractivity contribution in [3.8, 4) is 11.1 Å². The molecule has 0 saturated carbocycles. The molecule has 0 radical (unpaired) electrons. The third kappa shape index (κ3) is 5.20. The summed E-state index contributed by atoms with van der Waals surface area (Å²) in [5, 5.41) is 15.2. The lowest BCUT2D eigenvalue weighted by Crippen LogP contribution is -2.30. The fraction of sp³-hybridized carbons (Fsp3) is 0.130. The molecule has 8 nitrogen and oxygen atoms in total. The van der Waals surface area contributed by atoms with Crippen molar-refractivity contribution < 1.29 is 21.9 Å². The van der Waals surface area contributed by atoms with Crippen LogP contribution in [0.4, 0.5) is 20.4 Å². The van der Waals surface area contributed by atoms with Gasteiger partial charge < -0.3 is 10.5 Å². The molecule has 0 atom stereocenters. The molecule has 180 valence electrons. The van der Waals surface area contributed by atoms with Gasteiger partial charge in [0.1, 0.15) is 34.0 Å². The first kappa shape index (κ1) is 24.4. The molecule has 0 aliphatic rings. The highest BCUT2D eigenvalue weighted by molar-refractivity contribution is 7.90. The second-order valence-corrected chi connectivity index (χ2v) is 9.96. The number of hydrogen-bond acceptors (Lipinski definition) is 7. The first-order valence-corrected chi connectivity index (χ1v) is 12.2. The number of aryl methyl sites for hydroxylation is 1. The van der Waals surface area contributed by atoms with E-state index in [1.165, 1.54) is 12.4 Å². The molecule has 0 aliphatic heterocycles. The van der Waals surface area contributed by atoms with Gasteiger partial charge in [-0.05, 0) is 66.9 Å². The number of rotatable bonds is 6. The van der Waals surface area contributed by atoms with Gasteiger partial charge in [0.25, 0.3) is 5.15 Å². The minimum Gasteiger partial charge on any atom is -0.618 e. The maximum atomic E-state index is 14.2. The van der Waals surface area contributed by atoms with Gasteiger partial charge in [0.15, 0.2) is 16.0 Å². The van der Waals surface area contributed by atoms with Crippen molar-refractivity contribution in [1.82, 2.24) is 15.0 Å². The summed E-state index contributed by atoms with van der Waals surface area (Å²) in [6.07, 6.45) is 4.33. The van der Waals surface area contributed by atoms with Crippen LogP contribution in [0.15, 0.2) is 59.9 Å². The van der Waals surface area contributed by atoms with Gasteiger partial charge in [-0.25, -0.2) is 32.2 Å². The van der Waals surface area contributed by atoms with Crippen molar-refractivity contribution >= 4 is 33.1 Å². The summed E-state index contributed by atoms with van der Waals surface area (Å²) in [4.78, 5) is 11.8. The predicted octanol–water partition coefficient (Wildman–Crippen LogP) is 4.44. The van der Waals surface area contributed by atoms with E-state index < -0.39 is 32.1 Å². The zero-order chi connectivity index (χ0) is 25.3. The molecule has 4 aromatic rings. The number of halogens is 3. The Morgan fingerprint density at radius 3 is 2.51 bits per heavy atom. The number of anilines is 2. The summed E-state index contributed by atoms with van der Waals surface area (Å²) in [6, 6.07) is 7.14. The van der Waals surface area contributed by atoms with Gasteiger partial charge in [0, 0.05) is 18.5 Å². The van der Waals surface area contributed by atoms with Crippen LogP contribution >= 0.6 is 11.6 Å². The van der Waals surface area contributed by atoms with Crippen molar-refractivity contribution in [2.24, 2.45) is 0 Å². The van der Waals surface area contributed by atoms with Crippen LogP contribution in [0.2, 0.25) is 5.15 Å². The Kier molecular flexibility index (Phi) is 6.64. The second kappa shape index (κ2) is 9.51. The molecule has 3 heterocycles. The highest BCUT2D eigenvalue weighted by Crippen LogP contribution is 2.32. The van der Waals surface area contributed by atoms with E-state index in [-0.39, 0.29) is 10.7 Å². The largest absolute Gasteiger partial charge is 0.618 e. The maximum Gasteiger partial charge on any atom is 0.290 e. The Bertz CT molecular complexity index is 1550. The molecule has 1 aromatic carbocycles. The van der Waals surface area contributed by atoms with Crippen LogP contribution in [0.5, 0.6) is 0 Å². The molecule has 12 heteroatoms. The van der Waals surface area contributed by atoms with Crippen molar-refractivity contribution in [2.75, 3.05) is 5.32 Å². The Labute approximate surface area is 204 Å². The smallest absolute Gasteiger partial charge is 0.290 e. The van der Waals surface area contributed by atoms with Gasteiger partial charge in [-0.3, -0.25) is 0 Å². The number of sulfone groups is 1. The molecule has 0 bridgehead atoms. The third-order valence-corrected chi connectivity index (χ3v) is 7.28. The van der Waals surface area contributed by atoms with Crippen LogP contribution in [-0.2, 0) is 15.6 Å². The van der Waals surface area contributed by atoms with E-state index in [0.717, 1.165) is 12.1 Å². The molecule has 0 unspecified atom stereocenters. The molecule has 1 N–H and O–H groups in total. The number of nitrogens with zero attached hydrogens (tertiary/aromatic N) is 4. The lowest BCUT2D eigenvalue weighted by Gasteiger charge is -2.14. The van der Waals surface area contributed by atoms with E-state index in [9.17, 15) is 22.4 Å². The number of pyridine rings is 2. The molecule has 0 fully saturated rings. The van der Waals surface area contributed by atoms with Crippen LogP contribution in [0.3, 0.4) is 0 Å². The third-order valence-electron chi connectivity index (χ3n) is 5.21. The molecule has 0 amide bonds. The summed E-state index contributed by atoms with van der Waals surface area (Å²) >= 11 is 6.16. The summed E-state index contributed by atoms with van der Waals surface area (Å²) in [5.74, 6) is -1.39. The molecule has 0 saturated heterocycles. The molecule has 4 rings (SSSR count). The summed E-state index contributed by atoms with van der Waals surface area (Å²) in [5.41, 5.74) is 1.36. The van der Waals surface area contributed by atoms with E-state index in [2.05, 4.69) is 20.3 Å². The monoisotopic (exact) mass is 517 g/mol. The molecule has 0 spiro atoms. The fourth-order valence-electron chi connectivity index (χ4n) is 3.50. The van der Waals surface area contributed by atoms with Crippen molar-refractivity contribution in [3.63, 3.8) is 0 Å². The molecular formula is C23H18ClF2N5O3S. The Balaban J connectivity index is 1.74. The zero-order valence-corrected chi connectivity index (χ0v) is 20.0. The number of benzene rings is 1. The Morgan fingerprint density at radius 2 is 1.80 bits per heavy atom. The predicted molar refractivity (Wildman–Crippen MR) is 126 cm³/mol. The van der Waals surface area contributed by atoms with Crippen LogP contribution < -0.4 is 10.0 Å². The van der Waals surface area contributed by atoms with Gasteiger partial charge in [-0.2, -0.15) is 4.73 Å². The van der Waals surface area contributed by atoms with E-state index in [0.29, 0.717) is 44.9 Å². The standard InChI is InChI=1S/C23H18ClF2N5O3S/c1-13-17(15-5-7-28-22(9-15)30-21-6-8-27-14(2)29-21)11-31(32)23(24)18(13)12-35(33,34)20-4-3-16(25)10-19(20)26/h3-11H,12H2,1-2H3,(H,27,28,29,30). The van der Waals surface area contributed by atoms with Gasteiger partial charge in [-0.1, -0.05) is 0 Å². The lowest BCUT2D eigenvalue weighted by atomic mass is 10.0. The van der Waals surface area contributed by atoms with Gasteiger partial charge in [0.05, 0.1) is 16.9 Å². The maximum absolute atomic E-state index is 14.2. The van der Waals surface area contributed by atoms with Crippen LogP contribution in [0.1, 0.15) is 17.0 Å². The Morgan fingerprint density at radius 1 is 1.06 bits per heavy atom. The second-order valence-electron chi connectivity index (χ2n) is 7.64. The van der Waals surface area contributed by atoms with Gasteiger partial charge in [0.2, 0.25) is 0 Å². The van der Waals surface area contributed by atoms with Crippen LogP contribution in [0.25, 0.3) is 11.1 Å². The molecule has 35 heavy (non-hydrogen) atoms. The van der Waals surface area contributed by atoms with Crippen LogP contribution in [-0.4, -0.2) is 23.4 Å². The lowest BCUT2D eigenvalue weighted by molar-refractivity contribution is -0.602. The number of nitrogens with one attached hydrogen (secondary N) is 1. The topological polar surface area (TPSA) is 112 Å². The zero-order valence-electron chi connectivity index (χ0n) is 18.5. The number of aromatic nitrogens is 4. The van der Waals surface area contributed by atoms with Gasteiger partial charge in [-0.15, -0.1) is 0 Å². The SMILES string of the molecule is Cc1nccc(Nc2cc(-c3c[n+]([O-])c(Cl)c(CS(=O)(=O)c4ccc(F)cc4F)c3C)ccn2)n1. The summed E-state index contributed by atoms with van der Waals surface area (Å²) < 4.78 is 53.6. The van der Waals surface area contributed by atoms with Crippen molar-refractivity contribution in [1.29, 1.82) is 0 Å². The normalized spacial score (nSPS) is 11.5. The quantitative estimate of drug-likeness (QED) is 0.174. The fourth-order valence-corrected chi connectivity index (χ4v) is 5.36.